The van der Waals surface area contributed by atoms with Gasteiger partial charge in [0.2, 0.25) is 15.9 Å². The Kier molecular flexibility index (Phi) is 5.65. The molecule has 2 fully saturated rings. The normalized spacial score (nSPS) is 26.0. The van der Waals surface area contributed by atoms with Crippen LogP contribution in [-0.4, -0.2) is 49.2 Å². The highest BCUT2D eigenvalue weighted by Crippen LogP contribution is 2.36. The zero-order valence-electron chi connectivity index (χ0n) is 18.2. The molecular weight excluding hydrogens is 414 g/mol. The van der Waals surface area contributed by atoms with E-state index in [0.29, 0.717) is 42.9 Å². The average Bonchev–Trinajstić information content (AvgIpc) is 3.31. The fourth-order valence-corrected chi connectivity index (χ4v) is 6.84. The first kappa shape index (κ1) is 21.1. The van der Waals surface area contributed by atoms with Crippen LogP contribution in [0.15, 0.2) is 27.6 Å². The lowest BCUT2D eigenvalue weighted by Crippen LogP contribution is -2.47. The zero-order valence-corrected chi connectivity index (χ0v) is 19.0. The van der Waals surface area contributed by atoms with Gasteiger partial charge in [-0.1, -0.05) is 18.1 Å². The number of hydrogen-bond donors (Lipinski definition) is 0. The molecule has 0 amide bonds. The molecule has 31 heavy (non-hydrogen) atoms. The molecule has 3 heterocycles. The van der Waals surface area contributed by atoms with Gasteiger partial charge in [-0.15, -0.1) is 0 Å². The summed E-state index contributed by atoms with van der Waals surface area (Å²) >= 11 is 0. The second-order valence-electron chi connectivity index (χ2n) is 9.48. The van der Waals surface area contributed by atoms with Crippen LogP contribution in [0.1, 0.15) is 74.2 Å². The Hall–Kier alpha value is -1.77. The predicted molar refractivity (Wildman–Crippen MR) is 116 cm³/mol. The summed E-state index contributed by atoms with van der Waals surface area (Å²) in [6.45, 7) is 4.39. The van der Waals surface area contributed by atoms with Gasteiger partial charge in [-0.05, 0) is 74.6 Å². The van der Waals surface area contributed by atoms with E-state index in [9.17, 15) is 8.42 Å². The Bertz CT molecular complexity index is 1040. The lowest BCUT2D eigenvalue weighted by atomic mass is 9.82. The van der Waals surface area contributed by atoms with E-state index in [2.05, 4.69) is 12.1 Å². The third-order valence-electron chi connectivity index (χ3n) is 7.17. The van der Waals surface area contributed by atoms with Crippen LogP contribution in [0.25, 0.3) is 0 Å². The molecule has 2 saturated heterocycles. The maximum Gasteiger partial charge on any atom is 0.243 e. The van der Waals surface area contributed by atoms with Crippen molar-refractivity contribution in [2.75, 3.05) is 26.3 Å². The predicted octanol–water partition coefficient (Wildman–Crippen LogP) is 3.58. The fourth-order valence-electron chi connectivity index (χ4n) is 5.19. The Morgan fingerprint density at radius 3 is 2.68 bits per heavy atom. The monoisotopic (exact) mass is 445 g/mol. The zero-order chi connectivity index (χ0) is 21.5. The second-order valence-corrected chi connectivity index (χ2v) is 11.4. The van der Waals surface area contributed by atoms with Crippen molar-refractivity contribution in [3.05, 3.63) is 41.0 Å². The van der Waals surface area contributed by atoms with Crippen LogP contribution >= 0.6 is 0 Å². The maximum absolute atomic E-state index is 13.5. The van der Waals surface area contributed by atoms with Gasteiger partial charge < -0.3 is 9.26 Å². The molecule has 1 aromatic carbocycles. The molecule has 0 bridgehead atoms. The minimum Gasteiger partial charge on any atom is -0.381 e. The van der Waals surface area contributed by atoms with Crippen molar-refractivity contribution in [2.45, 2.75) is 74.5 Å². The summed E-state index contributed by atoms with van der Waals surface area (Å²) < 4.78 is 39.6. The lowest BCUT2D eigenvalue weighted by molar-refractivity contribution is 0.0778. The van der Waals surface area contributed by atoms with E-state index in [-0.39, 0.29) is 5.92 Å². The molecule has 1 aromatic heterocycles. The van der Waals surface area contributed by atoms with Gasteiger partial charge in [-0.25, -0.2) is 8.42 Å². The number of benzene rings is 1. The van der Waals surface area contributed by atoms with Gasteiger partial charge >= 0.3 is 0 Å². The molecule has 0 radical (unpaired) electrons. The smallest absolute Gasteiger partial charge is 0.243 e. The van der Waals surface area contributed by atoms with Crippen molar-refractivity contribution in [3.8, 4) is 0 Å². The van der Waals surface area contributed by atoms with E-state index in [1.807, 2.05) is 12.1 Å². The first-order valence-corrected chi connectivity index (χ1v) is 12.9. The van der Waals surface area contributed by atoms with E-state index in [0.717, 1.165) is 44.9 Å². The molecule has 168 valence electrons. The van der Waals surface area contributed by atoms with Crippen molar-refractivity contribution >= 4 is 10.0 Å². The van der Waals surface area contributed by atoms with Crippen molar-refractivity contribution in [1.29, 1.82) is 0 Å². The van der Waals surface area contributed by atoms with E-state index in [1.165, 1.54) is 17.5 Å². The van der Waals surface area contributed by atoms with Gasteiger partial charge in [0.15, 0.2) is 5.82 Å². The summed E-state index contributed by atoms with van der Waals surface area (Å²) in [5, 5.41) is 4.29. The Morgan fingerprint density at radius 1 is 1.10 bits per heavy atom. The minimum atomic E-state index is -3.56. The largest absolute Gasteiger partial charge is 0.381 e. The van der Waals surface area contributed by atoms with Gasteiger partial charge in [-0.2, -0.15) is 9.29 Å². The highest BCUT2D eigenvalue weighted by Gasteiger charge is 2.41. The van der Waals surface area contributed by atoms with E-state index in [4.69, 9.17) is 14.2 Å². The van der Waals surface area contributed by atoms with Gasteiger partial charge in [-0.3, -0.25) is 0 Å². The molecule has 0 spiro atoms. The third kappa shape index (κ3) is 4.05. The molecule has 7 nitrogen and oxygen atoms in total. The Balaban J connectivity index is 1.37. The highest BCUT2D eigenvalue weighted by atomic mass is 32.2. The molecule has 3 aliphatic rings. The number of fused-ring (bicyclic) bond motifs is 1. The van der Waals surface area contributed by atoms with Crippen LogP contribution in [0.2, 0.25) is 0 Å². The number of aromatic nitrogens is 2. The van der Waals surface area contributed by atoms with Crippen molar-refractivity contribution in [2.24, 2.45) is 0 Å². The maximum atomic E-state index is 13.5. The van der Waals surface area contributed by atoms with Gasteiger partial charge in [0.25, 0.3) is 0 Å². The summed E-state index contributed by atoms with van der Waals surface area (Å²) in [6, 6.07) is 5.68. The number of nitrogens with zero attached hydrogens (tertiary/aromatic N) is 3. The number of sulfonamides is 1. The number of ether oxygens (including phenoxy) is 1. The van der Waals surface area contributed by atoms with Crippen LogP contribution in [0.3, 0.4) is 0 Å². The summed E-state index contributed by atoms with van der Waals surface area (Å²) in [5.74, 6) is 1.52. The van der Waals surface area contributed by atoms with Gasteiger partial charge in [0.1, 0.15) is 0 Å². The fraction of sp³-hybridized carbons (Fsp3) is 0.652. The first-order chi connectivity index (χ1) is 15.0. The molecule has 0 saturated carbocycles. The number of rotatable bonds is 4. The topological polar surface area (TPSA) is 85.5 Å². The minimum absolute atomic E-state index is 0.234. The van der Waals surface area contributed by atoms with Crippen molar-refractivity contribution in [1.82, 2.24) is 14.4 Å². The molecule has 1 aliphatic carbocycles. The summed E-state index contributed by atoms with van der Waals surface area (Å²) in [5.41, 5.74) is 2.03. The first-order valence-electron chi connectivity index (χ1n) is 11.5. The number of aryl methyl sites for hydroxylation is 2. The molecule has 0 N–H and O–H groups in total. The summed E-state index contributed by atoms with van der Waals surface area (Å²) in [6.07, 6.45) is 7.72. The van der Waals surface area contributed by atoms with Crippen LogP contribution < -0.4 is 0 Å². The number of hydrogen-bond acceptors (Lipinski definition) is 6. The highest BCUT2D eigenvalue weighted by molar-refractivity contribution is 7.89. The van der Waals surface area contributed by atoms with Crippen LogP contribution in [0.5, 0.6) is 0 Å². The quantitative estimate of drug-likeness (QED) is 0.715. The van der Waals surface area contributed by atoms with Crippen molar-refractivity contribution in [3.63, 3.8) is 0 Å². The SMILES string of the molecule is CC1(c2noc(C3CCOCC3)n2)CCCN(S(=O)(=O)c2ccc3c(c2)CCCC3)C1. The Morgan fingerprint density at radius 2 is 1.87 bits per heavy atom. The summed E-state index contributed by atoms with van der Waals surface area (Å²) in [4.78, 5) is 5.13. The second kappa shape index (κ2) is 8.30. The summed E-state index contributed by atoms with van der Waals surface area (Å²) in [7, 11) is -3.56. The molecule has 2 aliphatic heterocycles. The van der Waals surface area contributed by atoms with E-state index >= 15 is 0 Å². The molecule has 8 heteroatoms. The van der Waals surface area contributed by atoms with Crippen molar-refractivity contribution < 1.29 is 17.7 Å². The van der Waals surface area contributed by atoms with Crippen LogP contribution in [-0.2, 0) is 33.0 Å². The Labute approximate surface area is 184 Å². The van der Waals surface area contributed by atoms with Crippen LogP contribution in [0.4, 0.5) is 0 Å². The van der Waals surface area contributed by atoms with Gasteiger partial charge in [0.05, 0.1) is 4.90 Å². The van der Waals surface area contributed by atoms with E-state index in [1.54, 1.807) is 10.4 Å². The standard InChI is InChI=1S/C23H31N3O4S/c1-23(22-24-21(30-25-22)18-9-13-29-14-10-18)11-4-12-26(16-23)31(27,28)20-8-7-17-5-2-3-6-19(17)15-20/h7-8,15,18H,2-6,9-14,16H2,1H3. The molecule has 5 rings (SSSR count). The van der Waals surface area contributed by atoms with Crippen LogP contribution in [0, 0.1) is 0 Å². The number of piperidine rings is 1. The van der Waals surface area contributed by atoms with Gasteiger partial charge in [0, 0.05) is 37.6 Å². The molecule has 2 aromatic rings. The molecular formula is C23H31N3O4S. The third-order valence-corrected chi connectivity index (χ3v) is 9.01. The average molecular weight is 446 g/mol. The van der Waals surface area contributed by atoms with E-state index < -0.39 is 15.4 Å². The lowest BCUT2D eigenvalue weighted by Gasteiger charge is -2.37. The molecule has 1 atom stereocenters. The molecule has 1 unspecified atom stereocenters.